The summed E-state index contributed by atoms with van der Waals surface area (Å²) in [7, 11) is 0. The fourth-order valence-corrected chi connectivity index (χ4v) is 4.60. The van der Waals surface area contributed by atoms with Gasteiger partial charge in [0, 0.05) is 45.3 Å². The fourth-order valence-electron chi connectivity index (χ4n) is 2.36. The smallest absolute Gasteiger partial charge is 0.163 e. The van der Waals surface area contributed by atoms with Crippen LogP contribution in [-0.2, 0) is 0 Å². The van der Waals surface area contributed by atoms with Gasteiger partial charge in [0.25, 0.3) is 0 Å². The van der Waals surface area contributed by atoms with E-state index in [0.29, 0.717) is 5.56 Å². The molecule has 3 rings (SSSR count). The molecule has 0 atom stereocenters. The first kappa shape index (κ1) is 15.4. The lowest BCUT2D eigenvalue weighted by atomic mass is 10.0. The Morgan fingerprint density at radius 2 is 1.41 bits per heavy atom. The molecule has 0 unspecified atom stereocenters. The van der Waals surface area contributed by atoms with Crippen LogP contribution in [0.2, 0.25) is 0 Å². The molecular formula is C18H16O2S2. The molecule has 1 heterocycles. The van der Waals surface area contributed by atoms with Crippen LogP contribution in [0.15, 0.2) is 58.3 Å². The van der Waals surface area contributed by atoms with Crippen molar-refractivity contribution in [3.8, 4) is 0 Å². The molecule has 0 radical (unpaired) electrons. The lowest BCUT2D eigenvalue weighted by Crippen LogP contribution is -2.06. The van der Waals surface area contributed by atoms with E-state index in [2.05, 4.69) is 0 Å². The van der Waals surface area contributed by atoms with Gasteiger partial charge in [-0.2, -0.15) is 0 Å². The molecule has 0 bridgehead atoms. The topological polar surface area (TPSA) is 34.1 Å². The molecule has 2 aromatic rings. The monoisotopic (exact) mass is 328 g/mol. The highest BCUT2D eigenvalue weighted by Crippen LogP contribution is 2.37. The fraction of sp³-hybridized carbons (Fsp3) is 0.222. The number of Topliss-reactive ketones (excluding diaryl/α,β-unsaturated/α-hetero) is 2. The number of rotatable bonds is 5. The highest BCUT2D eigenvalue weighted by atomic mass is 32.2. The van der Waals surface area contributed by atoms with Gasteiger partial charge in [-0.15, -0.1) is 23.5 Å². The van der Waals surface area contributed by atoms with Crippen LogP contribution in [0, 0.1) is 0 Å². The molecule has 2 nitrogen and oxygen atoms in total. The highest BCUT2D eigenvalue weighted by Gasteiger charge is 2.15. The summed E-state index contributed by atoms with van der Waals surface area (Å²) in [4.78, 5) is 26.8. The first-order valence-electron chi connectivity index (χ1n) is 7.25. The summed E-state index contributed by atoms with van der Waals surface area (Å²) in [6.07, 6.45) is 0.534. The zero-order valence-corrected chi connectivity index (χ0v) is 13.7. The average Bonchev–Trinajstić information content (AvgIpc) is 2.59. The summed E-state index contributed by atoms with van der Waals surface area (Å²) in [6, 6.07) is 15.0. The Morgan fingerprint density at radius 3 is 2.14 bits per heavy atom. The van der Waals surface area contributed by atoms with Crippen LogP contribution in [0.1, 0.15) is 33.6 Å². The van der Waals surface area contributed by atoms with Crippen LogP contribution >= 0.6 is 23.5 Å². The Labute approximate surface area is 138 Å². The highest BCUT2D eigenvalue weighted by molar-refractivity contribution is 8.05. The largest absolute Gasteiger partial charge is 0.294 e. The number of carbonyl (C=O) groups excluding carboxylic acids is 2. The lowest BCUT2D eigenvalue weighted by Gasteiger charge is -2.15. The van der Waals surface area contributed by atoms with E-state index in [9.17, 15) is 9.59 Å². The van der Waals surface area contributed by atoms with Crippen LogP contribution in [0.5, 0.6) is 0 Å². The van der Waals surface area contributed by atoms with Gasteiger partial charge in [0.1, 0.15) is 0 Å². The van der Waals surface area contributed by atoms with Gasteiger partial charge in [-0.25, -0.2) is 0 Å². The van der Waals surface area contributed by atoms with Gasteiger partial charge < -0.3 is 0 Å². The van der Waals surface area contributed by atoms with E-state index in [0.717, 1.165) is 17.1 Å². The number of benzene rings is 2. The number of carbonyl (C=O) groups is 2. The van der Waals surface area contributed by atoms with E-state index in [-0.39, 0.29) is 24.4 Å². The van der Waals surface area contributed by atoms with Crippen LogP contribution in [0.3, 0.4) is 0 Å². The average molecular weight is 328 g/mol. The van der Waals surface area contributed by atoms with E-state index in [1.54, 1.807) is 23.9 Å². The summed E-state index contributed by atoms with van der Waals surface area (Å²) in [6.45, 7) is 0. The molecule has 0 saturated heterocycles. The molecule has 0 aliphatic carbocycles. The third kappa shape index (κ3) is 3.62. The first-order chi connectivity index (χ1) is 10.7. The molecule has 0 fully saturated rings. The standard InChI is InChI=1S/C18H16O2S2/c19-15(13-4-2-1-3-5-13)7-8-16(20)14-6-9-17-18(12-14)22-11-10-21-17/h1-6,9,12H,7-8,10-11H2. The summed E-state index contributed by atoms with van der Waals surface area (Å²) < 4.78 is 0. The second-order valence-electron chi connectivity index (χ2n) is 5.07. The van der Waals surface area contributed by atoms with Crippen molar-refractivity contribution < 1.29 is 9.59 Å². The maximum absolute atomic E-state index is 12.3. The molecule has 112 valence electrons. The summed E-state index contributed by atoms with van der Waals surface area (Å²) in [5, 5.41) is 0. The number of fused-ring (bicyclic) bond motifs is 1. The quantitative estimate of drug-likeness (QED) is 0.743. The second kappa shape index (κ2) is 7.16. The minimum absolute atomic E-state index is 0.0249. The number of ketones is 2. The number of hydrogen-bond acceptors (Lipinski definition) is 4. The van der Waals surface area contributed by atoms with Crippen LogP contribution in [-0.4, -0.2) is 23.1 Å². The third-order valence-electron chi connectivity index (χ3n) is 3.54. The number of hydrogen-bond donors (Lipinski definition) is 0. The normalized spacial score (nSPS) is 13.5. The molecule has 0 saturated carbocycles. The Morgan fingerprint density at radius 1 is 0.773 bits per heavy atom. The van der Waals surface area contributed by atoms with Crippen molar-refractivity contribution in [3.63, 3.8) is 0 Å². The van der Waals surface area contributed by atoms with Crippen molar-refractivity contribution >= 4 is 35.1 Å². The molecule has 0 N–H and O–H groups in total. The van der Waals surface area contributed by atoms with Crippen molar-refractivity contribution in [2.45, 2.75) is 22.6 Å². The van der Waals surface area contributed by atoms with Gasteiger partial charge in [-0.3, -0.25) is 9.59 Å². The van der Waals surface area contributed by atoms with E-state index < -0.39 is 0 Å². The van der Waals surface area contributed by atoms with E-state index in [1.165, 1.54) is 9.79 Å². The maximum Gasteiger partial charge on any atom is 0.163 e. The van der Waals surface area contributed by atoms with Crippen molar-refractivity contribution in [2.75, 3.05) is 11.5 Å². The lowest BCUT2D eigenvalue weighted by molar-refractivity contribution is 0.0917. The second-order valence-corrected chi connectivity index (χ2v) is 7.34. The van der Waals surface area contributed by atoms with E-state index in [1.807, 2.05) is 48.2 Å². The van der Waals surface area contributed by atoms with Crippen LogP contribution < -0.4 is 0 Å². The zero-order chi connectivity index (χ0) is 15.4. The molecular weight excluding hydrogens is 312 g/mol. The van der Waals surface area contributed by atoms with E-state index >= 15 is 0 Å². The molecule has 0 aromatic heterocycles. The summed E-state index contributed by atoms with van der Waals surface area (Å²) in [5.74, 6) is 2.28. The van der Waals surface area contributed by atoms with Gasteiger partial charge in [0.2, 0.25) is 0 Å². The van der Waals surface area contributed by atoms with Crippen molar-refractivity contribution in [2.24, 2.45) is 0 Å². The van der Waals surface area contributed by atoms with Crippen molar-refractivity contribution in [1.29, 1.82) is 0 Å². The Balaban J connectivity index is 1.64. The predicted molar refractivity (Wildman–Crippen MR) is 92.2 cm³/mol. The van der Waals surface area contributed by atoms with Gasteiger partial charge >= 0.3 is 0 Å². The molecule has 1 aliphatic rings. The zero-order valence-electron chi connectivity index (χ0n) is 12.1. The number of thioether (sulfide) groups is 2. The molecule has 0 spiro atoms. The molecule has 0 amide bonds. The molecule has 22 heavy (non-hydrogen) atoms. The van der Waals surface area contributed by atoms with Gasteiger partial charge in [-0.1, -0.05) is 36.4 Å². The summed E-state index contributed by atoms with van der Waals surface area (Å²) in [5.41, 5.74) is 1.39. The minimum atomic E-state index is 0.0249. The Kier molecular flexibility index (Phi) is 5.01. The Hall–Kier alpha value is -1.52. The Bertz CT molecular complexity index is 695. The SMILES string of the molecule is O=C(CCC(=O)c1ccc2c(c1)SCCS2)c1ccccc1. The van der Waals surface area contributed by atoms with Gasteiger partial charge in [-0.05, 0) is 12.1 Å². The predicted octanol–water partition coefficient (Wildman–Crippen LogP) is 4.73. The van der Waals surface area contributed by atoms with Crippen LogP contribution in [0.25, 0.3) is 0 Å². The third-order valence-corrected chi connectivity index (χ3v) is 6.06. The van der Waals surface area contributed by atoms with Crippen LogP contribution in [0.4, 0.5) is 0 Å². The summed E-state index contributed by atoms with van der Waals surface area (Å²) >= 11 is 3.64. The maximum atomic E-state index is 12.3. The van der Waals surface area contributed by atoms with Crippen molar-refractivity contribution in [1.82, 2.24) is 0 Å². The van der Waals surface area contributed by atoms with Gasteiger partial charge in [0.15, 0.2) is 11.6 Å². The van der Waals surface area contributed by atoms with Crippen molar-refractivity contribution in [3.05, 3.63) is 59.7 Å². The molecule has 4 heteroatoms. The first-order valence-corrected chi connectivity index (χ1v) is 9.22. The molecule has 1 aliphatic heterocycles. The molecule has 2 aromatic carbocycles. The van der Waals surface area contributed by atoms with Gasteiger partial charge in [0.05, 0.1) is 0 Å². The minimum Gasteiger partial charge on any atom is -0.294 e. The van der Waals surface area contributed by atoms with E-state index in [4.69, 9.17) is 0 Å².